The number of carbonyl (C=O) groups is 1. The number of ether oxygens (including phenoxy) is 2. The smallest absolute Gasteiger partial charge is 0.335 e. The van der Waals surface area contributed by atoms with Crippen molar-refractivity contribution >= 4 is 22.9 Å². The van der Waals surface area contributed by atoms with Crippen LogP contribution in [0.25, 0.3) is 16.9 Å². The molecule has 0 unspecified atom stereocenters. The van der Waals surface area contributed by atoms with E-state index in [1.165, 1.54) is 20.4 Å². The summed E-state index contributed by atoms with van der Waals surface area (Å²) in [6.45, 7) is 5.25. The number of amides is 1. The molecule has 0 spiro atoms. The largest absolute Gasteiger partial charge is 0.457 e. The summed E-state index contributed by atoms with van der Waals surface area (Å²) >= 11 is 0. The maximum atomic E-state index is 13.7. The number of benzene rings is 2. The van der Waals surface area contributed by atoms with Crippen molar-refractivity contribution in [3.63, 3.8) is 0 Å². The van der Waals surface area contributed by atoms with Gasteiger partial charge in [-0.05, 0) is 56.3 Å². The lowest BCUT2D eigenvalue weighted by atomic mass is 9.99. The van der Waals surface area contributed by atoms with E-state index in [1.807, 2.05) is 50.2 Å². The molecule has 1 aliphatic rings. The van der Waals surface area contributed by atoms with Gasteiger partial charge in [-0.3, -0.25) is 13.9 Å². The first-order valence-electron chi connectivity index (χ1n) is 13.5. The summed E-state index contributed by atoms with van der Waals surface area (Å²) in [4.78, 5) is 36.7. The number of imidazole rings is 1. The molecule has 3 heterocycles. The number of fused-ring (bicyclic) bond motifs is 1. The lowest BCUT2D eigenvalue weighted by Crippen LogP contribution is -2.54. The van der Waals surface area contributed by atoms with Crippen LogP contribution in [-0.4, -0.2) is 68.3 Å². The molecule has 1 aliphatic heterocycles. The Morgan fingerprint density at radius 1 is 1.19 bits per heavy atom. The average Bonchev–Trinajstić information content (AvgIpc) is 3.25. The van der Waals surface area contributed by atoms with E-state index in [1.54, 1.807) is 37.4 Å². The zero-order valence-corrected chi connectivity index (χ0v) is 23.7. The van der Waals surface area contributed by atoms with E-state index >= 15 is 0 Å². The highest BCUT2D eigenvalue weighted by atomic mass is 16.5. The van der Waals surface area contributed by atoms with Crippen molar-refractivity contribution in [1.29, 1.82) is 5.26 Å². The third-order valence-electron chi connectivity index (χ3n) is 6.88. The number of hydrogen-bond acceptors (Lipinski definition) is 9. The van der Waals surface area contributed by atoms with Crippen molar-refractivity contribution in [3.8, 4) is 23.3 Å². The van der Waals surface area contributed by atoms with E-state index in [-0.39, 0.29) is 36.2 Å². The first-order chi connectivity index (χ1) is 20.2. The second-order valence-corrected chi connectivity index (χ2v) is 10.6. The fourth-order valence-electron chi connectivity index (χ4n) is 4.78. The molecule has 3 N–H and O–H groups in total. The zero-order chi connectivity index (χ0) is 29.9. The number of rotatable bonds is 10. The standard InChI is InChI=1S/C30H32N8O4/c1-30(2,35-21-17-41-18-21)15-20(16-31)28(39)36(3)13-14-37-27-25(26(32)33-19-34-27)38(29(37)40)22-9-11-24(12-10-22)42-23-7-5-4-6-8-23/h4-12,15,19,21,35H,13-14,17-18H2,1-3H3,(H2,32,33,34). The lowest BCUT2D eigenvalue weighted by molar-refractivity contribution is -0.125. The van der Waals surface area contributed by atoms with E-state index in [4.69, 9.17) is 15.2 Å². The van der Waals surface area contributed by atoms with Crippen molar-refractivity contribution in [2.45, 2.75) is 32.0 Å². The van der Waals surface area contributed by atoms with Crippen LogP contribution < -0.4 is 21.5 Å². The van der Waals surface area contributed by atoms with Crippen molar-refractivity contribution in [3.05, 3.63) is 83.1 Å². The Labute approximate surface area is 242 Å². The van der Waals surface area contributed by atoms with Gasteiger partial charge in [-0.1, -0.05) is 18.2 Å². The van der Waals surface area contributed by atoms with Gasteiger partial charge in [0.05, 0.1) is 24.9 Å². The SMILES string of the molecule is CN(CCn1c(=O)n(-c2ccc(Oc3ccccc3)cc2)c2c(N)ncnc21)C(=O)C(C#N)=CC(C)(C)NC1COC1. The summed E-state index contributed by atoms with van der Waals surface area (Å²) < 4.78 is 14.0. The van der Waals surface area contributed by atoms with Crippen LogP contribution in [0.15, 0.2) is 77.4 Å². The van der Waals surface area contributed by atoms with E-state index in [0.717, 1.165) is 0 Å². The molecule has 5 rings (SSSR count). The Hall–Kier alpha value is -4.99. The number of nitrogens with one attached hydrogen (secondary N) is 1. The molecule has 2 aromatic heterocycles. The highest BCUT2D eigenvalue weighted by Gasteiger charge is 2.28. The molecule has 1 fully saturated rings. The summed E-state index contributed by atoms with van der Waals surface area (Å²) in [5, 5.41) is 13.1. The van der Waals surface area contributed by atoms with Gasteiger partial charge in [0.1, 0.15) is 35.0 Å². The quantitative estimate of drug-likeness (QED) is 0.217. The van der Waals surface area contributed by atoms with Gasteiger partial charge < -0.3 is 25.4 Å². The molecule has 0 bridgehead atoms. The summed E-state index contributed by atoms with van der Waals surface area (Å²) in [5.74, 6) is 0.993. The number of nitriles is 1. The molecular weight excluding hydrogens is 536 g/mol. The molecule has 0 saturated carbocycles. The molecule has 1 amide bonds. The molecular formula is C30H32N8O4. The van der Waals surface area contributed by atoms with Gasteiger partial charge in [0.25, 0.3) is 5.91 Å². The van der Waals surface area contributed by atoms with Gasteiger partial charge in [-0.25, -0.2) is 14.8 Å². The van der Waals surface area contributed by atoms with E-state index in [0.29, 0.717) is 41.6 Å². The highest BCUT2D eigenvalue weighted by molar-refractivity contribution is 5.97. The van der Waals surface area contributed by atoms with Gasteiger partial charge in [0.15, 0.2) is 11.5 Å². The Kier molecular flexibility index (Phi) is 8.06. The highest BCUT2D eigenvalue weighted by Crippen LogP contribution is 2.25. The van der Waals surface area contributed by atoms with Crippen LogP contribution in [0.5, 0.6) is 11.5 Å². The minimum absolute atomic E-state index is 0.00870. The number of nitrogens with two attached hydrogens (primary N) is 1. The molecule has 42 heavy (non-hydrogen) atoms. The summed E-state index contributed by atoms with van der Waals surface area (Å²) in [6.07, 6.45) is 2.92. The number of anilines is 1. The Balaban J connectivity index is 1.37. The minimum atomic E-state index is -0.587. The molecule has 12 nitrogen and oxygen atoms in total. The number of carbonyl (C=O) groups excluding carboxylic acids is 1. The van der Waals surface area contributed by atoms with Gasteiger partial charge in [0, 0.05) is 25.7 Å². The molecule has 0 radical (unpaired) electrons. The molecule has 216 valence electrons. The van der Waals surface area contributed by atoms with Crippen LogP contribution in [0.3, 0.4) is 0 Å². The van der Waals surface area contributed by atoms with Gasteiger partial charge in [-0.2, -0.15) is 5.26 Å². The number of nitrogen functional groups attached to an aromatic ring is 1. The van der Waals surface area contributed by atoms with Gasteiger partial charge >= 0.3 is 5.69 Å². The normalized spacial score (nSPS) is 13.9. The third kappa shape index (κ3) is 6.02. The fourth-order valence-corrected chi connectivity index (χ4v) is 4.78. The summed E-state index contributed by atoms with van der Waals surface area (Å²) in [6, 6.07) is 18.6. The van der Waals surface area contributed by atoms with Crippen LogP contribution in [0.4, 0.5) is 5.82 Å². The summed E-state index contributed by atoms with van der Waals surface area (Å²) in [7, 11) is 1.59. The maximum Gasteiger partial charge on any atom is 0.335 e. The average molecular weight is 569 g/mol. The third-order valence-corrected chi connectivity index (χ3v) is 6.88. The van der Waals surface area contributed by atoms with Crippen LogP contribution in [-0.2, 0) is 16.1 Å². The van der Waals surface area contributed by atoms with Crippen molar-refractivity contribution in [1.82, 2.24) is 29.3 Å². The van der Waals surface area contributed by atoms with Crippen LogP contribution in [0, 0.1) is 11.3 Å². The fraction of sp³-hybridized carbons (Fsp3) is 0.300. The zero-order valence-electron chi connectivity index (χ0n) is 23.7. The summed E-state index contributed by atoms with van der Waals surface area (Å²) in [5.41, 5.74) is 6.49. The van der Waals surface area contributed by atoms with E-state index in [2.05, 4.69) is 15.3 Å². The number of nitrogens with zero attached hydrogens (tertiary/aromatic N) is 6. The topological polar surface area (TPSA) is 153 Å². The Bertz CT molecular complexity index is 1710. The van der Waals surface area contributed by atoms with Crippen molar-refractivity contribution in [2.24, 2.45) is 0 Å². The molecule has 12 heteroatoms. The van der Waals surface area contributed by atoms with Crippen molar-refractivity contribution in [2.75, 3.05) is 32.5 Å². The Morgan fingerprint density at radius 2 is 1.88 bits per heavy atom. The first-order valence-corrected chi connectivity index (χ1v) is 13.5. The number of aromatic nitrogens is 4. The monoisotopic (exact) mass is 568 g/mol. The van der Waals surface area contributed by atoms with Gasteiger partial charge in [-0.15, -0.1) is 0 Å². The second kappa shape index (κ2) is 11.9. The molecule has 2 aromatic carbocycles. The molecule has 4 aromatic rings. The predicted molar refractivity (Wildman–Crippen MR) is 157 cm³/mol. The molecule has 0 atom stereocenters. The minimum Gasteiger partial charge on any atom is -0.457 e. The Morgan fingerprint density at radius 3 is 2.52 bits per heavy atom. The number of likely N-dealkylation sites (N-methyl/N-ethyl adjacent to an activating group) is 1. The number of para-hydroxylation sites is 1. The first kappa shape index (κ1) is 28.5. The van der Waals surface area contributed by atoms with Crippen LogP contribution in [0.2, 0.25) is 0 Å². The van der Waals surface area contributed by atoms with Crippen LogP contribution >= 0.6 is 0 Å². The van der Waals surface area contributed by atoms with Crippen LogP contribution in [0.1, 0.15) is 13.8 Å². The van der Waals surface area contributed by atoms with Gasteiger partial charge in [0.2, 0.25) is 0 Å². The van der Waals surface area contributed by atoms with E-state index < -0.39 is 11.4 Å². The van der Waals surface area contributed by atoms with E-state index in [9.17, 15) is 14.9 Å². The molecule has 0 aliphatic carbocycles. The number of hydrogen-bond donors (Lipinski definition) is 2. The van der Waals surface area contributed by atoms with Crippen molar-refractivity contribution < 1.29 is 14.3 Å². The predicted octanol–water partition coefficient (Wildman–Crippen LogP) is 2.63. The maximum absolute atomic E-state index is 13.7. The second-order valence-electron chi connectivity index (χ2n) is 10.6. The molecule has 1 saturated heterocycles. The lowest BCUT2D eigenvalue weighted by Gasteiger charge is -2.34.